The van der Waals surface area contributed by atoms with E-state index >= 15 is 0 Å². The minimum Gasteiger partial charge on any atom is -0.394 e. The molecule has 226 valence electrons. The van der Waals surface area contributed by atoms with Gasteiger partial charge in [0.05, 0.1) is 17.9 Å². The number of sulfonamides is 1. The van der Waals surface area contributed by atoms with Crippen molar-refractivity contribution in [3.63, 3.8) is 0 Å². The molecule has 0 spiro atoms. The highest BCUT2D eigenvalue weighted by atomic mass is 32.2. The highest BCUT2D eigenvalue weighted by Gasteiger charge is 2.42. The molecule has 0 amide bonds. The summed E-state index contributed by atoms with van der Waals surface area (Å²) in [7, 11) is -4.32. The third kappa shape index (κ3) is 6.69. The Kier molecular flexibility index (Phi) is 8.48. The number of halogens is 3. The van der Waals surface area contributed by atoms with E-state index in [2.05, 4.69) is 14.7 Å². The van der Waals surface area contributed by atoms with Gasteiger partial charge in [-0.1, -0.05) is 36.8 Å². The van der Waals surface area contributed by atoms with Gasteiger partial charge in [0.25, 0.3) is 10.0 Å². The van der Waals surface area contributed by atoms with Crippen LogP contribution in [0, 0.1) is 0 Å². The standard InChI is InChI=1S/C29H33F3N4O5S/c1-28(2)40-22(23(18-37)41-28)17-36-16-7-3-4-9-19-10-5-6-11-20(19)27-21(29(30,31)32)14-15-24(33-27)35-42(38,39)26-13-8-12-25(36)34-26/h5-6,8,10-15,22-23,37H,3-4,7,9,16-18H2,1-2H3,(H,33,35)/t22-,23?/m0/s1. The van der Waals surface area contributed by atoms with Crippen LogP contribution in [0.25, 0.3) is 11.3 Å². The van der Waals surface area contributed by atoms with Crippen molar-refractivity contribution >= 4 is 21.7 Å². The first kappa shape index (κ1) is 30.2. The summed E-state index contributed by atoms with van der Waals surface area (Å²) in [5.74, 6) is -0.768. The molecule has 4 bridgehead atoms. The average Bonchev–Trinajstić information content (AvgIpc) is 3.24. The van der Waals surface area contributed by atoms with Crippen molar-refractivity contribution in [2.75, 3.05) is 29.3 Å². The summed E-state index contributed by atoms with van der Waals surface area (Å²) in [6.45, 7) is 4.09. The summed E-state index contributed by atoms with van der Waals surface area (Å²) in [5.41, 5.74) is -0.290. The average molecular weight is 607 g/mol. The number of nitrogens with one attached hydrogen (secondary N) is 1. The number of aliphatic hydroxyl groups excluding tert-OH is 1. The molecule has 2 aliphatic heterocycles. The van der Waals surface area contributed by atoms with Gasteiger partial charge in [0, 0.05) is 18.7 Å². The van der Waals surface area contributed by atoms with Crippen molar-refractivity contribution in [3.8, 4) is 11.3 Å². The number of hydrogen-bond donors (Lipinski definition) is 2. The van der Waals surface area contributed by atoms with Gasteiger partial charge in [0.1, 0.15) is 23.8 Å². The quantitative estimate of drug-likeness (QED) is 0.428. The predicted octanol–water partition coefficient (Wildman–Crippen LogP) is 5.01. The van der Waals surface area contributed by atoms with Gasteiger partial charge < -0.3 is 19.5 Å². The number of alkyl halides is 3. The third-order valence-electron chi connectivity index (χ3n) is 7.26. The van der Waals surface area contributed by atoms with Gasteiger partial charge in [0.2, 0.25) is 0 Å². The lowest BCUT2D eigenvalue weighted by Crippen LogP contribution is -2.40. The van der Waals surface area contributed by atoms with E-state index in [1.165, 1.54) is 6.07 Å². The second-order valence-corrected chi connectivity index (χ2v) is 12.5. The van der Waals surface area contributed by atoms with Crippen LogP contribution in [0.5, 0.6) is 0 Å². The lowest BCUT2D eigenvalue weighted by atomic mass is 9.96. The second-order valence-electron chi connectivity index (χ2n) is 10.8. The molecule has 2 N–H and O–H groups in total. The first-order valence-electron chi connectivity index (χ1n) is 13.7. The Balaban J connectivity index is 1.55. The number of aryl methyl sites for hydroxylation is 1. The summed E-state index contributed by atoms with van der Waals surface area (Å²) >= 11 is 0. The molecule has 2 aliphatic rings. The lowest BCUT2D eigenvalue weighted by Gasteiger charge is -2.28. The molecular formula is C29H33F3N4O5S. The van der Waals surface area contributed by atoms with Gasteiger partial charge in [-0.05, 0) is 62.9 Å². The van der Waals surface area contributed by atoms with Crippen molar-refractivity contribution in [1.29, 1.82) is 0 Å². The Labute approximate surface area is 242 Å². The Morgan fingerprint density at radius 3 is 2.52 bits per heavy atom. The van der Waals surface area contributed by atoms with E-state index in [0.717, 1.165) is 18.6 Å². The van der Waals surface area contributed by atoms with E-state index in [1.54, 1.807) is 50.2 Å². The third-order valence-corrected chi connectivity index (χ3v) is 8.52. The van der Waals surface area contributed by atoms with Crippen LogP contribution in [0.2, 0.25) is 0 Å². The van der Waals surface area contributed by atoms with Crippen LogP contribution in [-0.2, 0) is 32.1 Å². The van der Waals surface area contributed by atoms with E-state index in [1.807, 2.05) is 4.90 Å². The highest BCUT2D eigenvalue weighted by Crippen LogP contribution is 2.38. The SMILES string of the molecule is CC1(C)OC(CO)[C@H](CN2CCCCCc3ccccc3-c3nc(ccc3C(F)(F)F)NS(=O)(=O)c3cccc2n3)O1. The molecule has 13 heteroatoms. The maximum atomic E-state index is 14.0. The summed E-state index contributed by atoms with van der Waals surface area (Å²) in [6, 6.07) is 13.1. The van der Waals surface area contributed by atoms with Crippen LogP contribution in [0.4, 0.5) is 24.8 Å². The number of hydrogen-bond acceptors (Lipinski definition) is 8. The maximum Gasteiger partial charge on any atom is 0.418 e. The van der Waals surface area contributed by atoms with E-state index in [9.17, 15) is 26.7 Å². The van der Waals surface area contributed by atoms with Crippen LogP contribution < -0.4 is 9.62 Å². The Hall–Kier alpha value is -3.26. The number of aliphatic hydroxyl groups is 1. The molecule has 1 aromatic carbocycles. The van der Waals surface area contributed by atoms with Gasteiger partial charge in [-0.2, -0.15) is 21.6 Å². The topological polar surface area (TPSA) is 114 Å². The van der Waals surface area contributed by atoms with Gasteiger partial charge >= 0.3 is 6.18 Å². The van der Waals surface area contributed by atoms with Crippen LogP contribution in [0.15, 0.2) is 59.6 Å². The molecule has 2 aromatic heterocycles. The molecule has 0 saturated carbocycles. The Morgan fingerprint density at radius 1 is 1.00 bits per heavy atom. The highest BCUT2D eigenvalue weighted by molar-refractivity contribution is 7.92. The monoisotopic (exact) mass is 606 g/mol. The molecule has 5 rings (SSSR count). The smallest absolute Gasteiger partial charge is 0.394 e. The summed E-state index contributed by atoms with van der Waals surface area (Å²) in [4.78, 5) is 10.5. The van der Waals surface area contributed by atoms with Crippen molar-refractivity contribution in [1.82, 2.24) is 9.97 Å². The molecule has 0 radical (unpaired) electrons. The fourth-order valence-corrected chi connectivity index (χ4v) is 6.33. The zero-order chi connectivity index (χ0) is 30.1. The first-order valence-corrected chi connectivity index (χ1v) is 15.2. The molecule has 42 heavy (non-hydrogen) atoms. The van der Waals surface area contributed by atoms with Crippen LogP contribution >= 0.6 is 0 Å². The van der Waals surface area contributed by atoms with Crippen LogP contribution in [0.3, 0.4) is 0 Å². The van der Waals surface area contributed by atoms with Crippen LogP contribution in [-0.4, -0.2) is 61.2 Å². The number of rotatable bonds is 3. The lowest BCUT2D eigenvalue weighted by molar-refractivity contribution is -0.148. The van der Waals surface area contributed by atoms with E-state index in [0.29, 0.717) is 49.3 Å². The number of nitrogens with zero attached hydrogens (tertiary/aromatic N) is 3. The Morgan fingerprint density at radius 2 is 1.76 bits per heavy atom. The summed E-state index contributed by atoms with van der Waals surface area (Å²) < 4.78 is 83.0. The number of anilines is 2. The van der Waals surface area contributed by atoms with Crippen molar-refractivity contribution < 1.29 is 36.2 Å². The molecule has 3 aromatic rings. The molecule has 0 aliphatic carbocycles. The van der Waals surface area contributed by atoms with Gasteiger partial charge in [-0.15, -0.1) is 0 Å². The van der Waals surface area contributed by atoms with E-state index in [4.69, 9.17) is 9.47 Å². The van der Waals surface area contributed by atoms with Crippen molar-refractivity contribution in [2.24, 2.45) is 0 Å². The zero-order valence-corrected chi connectivity index (χ0v) is 24.1. The van der Waals surface area contributed by atoms with Gasteiger partial charge in [-0.25, -0.2) is 9.97 Å². The van der Waals surface area contributed by atoms with Gasteiger partial charge in [0.15, 0.2) is 10.8 Å². The number of benzene rings is 1. The molecular weight excluding hydrogens is 573 g/mol. The zero-order valence-electron chi connectivity index (χ0n) is 23.3. The molecule has 4 heterocycles. The fraction of sp³-hybridized carbons (Fsp3) is 0.448. The molecule has 2 atom stereocenters. The minimum atomic E-state index is -4.69. The molecule has 9 nitrogen and oxygen atoms in total. The van der Waals surface area contributed by atoms with Crippen LogP contribution in [0.1, 0.15) is 44.2 Å². The number of aromatic nitrogens is 2. The van der Waals surface area contributed by atoms with Gasteiger partial charge in [-0.3, -0.25) is 4.72 Å². The Bertz CT molecular complexity index is 1530. The fourth-order valence-electron chi connectivity index (χ4n) is 5.37. The normalized spacial score (nSPS) is 22.3. The van der Waals surface area contributed by atoms with Crippen molar-refractivity contribution in [2.45, 2.75) is 68.7 Å². The summed E-state index contributed by atoms with van der Waals surface area (Å²) in [5, 5.41) is 9.55. The molecule has 1 saturated heterocycles. The largest absolute Gasteiger partial charge is 0.418 e. The molecule has 1 fully saturated rings. The summed E-state index contributed by atoms with van der Waals surface area (Å²) in [6.07, 6.45) is -3.07. The van der Waals surface area contributed by atoms with E-state index in [-0.39, 0.29) is 23.1 Å². The maximum absolute atomic E-state index is 14.0. The van der Waals surface area contributed by atoms with Crippen molar-refractivity contribution in [3.05, 3.63) is 65.7 Å². The minimum absolute atomic E-state index is 0.241. The second kappa shape index (κ2) is 11.8. The molecule has 1 unspecified atom stereocenters. The number of fused-ring (bicyclic) bond motifs is 6. The predicted molar refractivity (Wildman–Crippen MR) is 150 cm³/mol. The number of ether oxygens (including phenoxy) is 2. The number of pyridine rings is 2. The van der Waals surface area contributed by atoms with E-state index < -0.39 is 39.8 Å². The first-order chi connectivity index (χ1) is 19.9.